The molecule has 0 atom stereocenters. The number of fused-ring (bicyclic) bond motifs is 16. The van der Waals surface area contributed by atoms with Crippen LogP contribution in [-0.4, -0.2) is 18.3 Å². The molecule has 0 aliphatic heterocycles. The minimum atomic E-state index is 0.348. The number of nitrogens with zero attached hydrogens (tertiary/aromatic N) is 6. The molecule has 0 aliphatic rings. The highest BCUT2D eigenvalue weighted by molar-refractivity contribution is 6.25. The lowest BCUT2D eigenvalue weighted by atomic mass is 10.0. The lowest BCUT2D eigenvalue weighted by molar-refractivity contribution is 0.673. The molecule has 0 unspecified atom stereocenters. The molecule has 0 saturated heterocycles. The maximum Gasteiger partial charge on any atom is 0.237 e. The second-order valence-electron chi connectivity index (χ2n) is 18.2. The van der Waals surface area contributed by atoms with E-state index in [0.29, 0.717) is 34.0 Å². The molecule has 7 heteroatoms. The quantitative estimate of drug-likeness (QED) is 0.165. The van der Waals surface area contributed by atoms with Crippen LogP contribution in [0.15, 0.2) is 205 Å². The van der Waals surface area contributed by atoms with Crippen LogP contribution in [0.3, 0.4) is 0 Å². The van der Waals surface area contributed by atoms with Crippen molar-refractivity contribution in [1.29, 1.82) is 5.26 Å². The van der Waals surface area contributed by atoms with Crippen LogP contribution in [0.2, 0.25) is 0 Å². The van der Waals surface area contributed by atoms with E-state index in [9.17, 15) is 11.8 Å². The van der Waals surface area contributed by atoms with E-state index in [4.69, 9.17) is 9.26 Å². The zero-order valence-electron chi connectivity index (χ0n) is 37.6. The molecule has 0 amide bonds. The van der Waals surface area contributed by atoms with E-state index in [2.05, 4.69) is 207 Å². The van der Waals surface area contributed by atoms with Crippen molar-refractivity contribution in [2.24, 2.45) is 0 Å². The van der Waals surface area contributed by atoms with Gasteiger partial charge in [-0.1, -0.05) is 139 Å². The Balaban J connectivity index is 1.29. The lowest BCUT2D eigenvalue weighted by Gasteiger charge is -2.27. The molecule has 0 saturated carbocycles. The van der Waals surface area contributed by atoms with Gasteiger partial charge in [0.05, 0.1) is 84.4 Å². The summed E-state index contributed by atoms with van der Waals surface area (Å²) in [5.41, 5.74) is 13.3. The minimum absolute atomic E-state index is 0.348. The number of aryl methyl sites for hydroxylation is 1. The van der Waals surface area contributed by atoms with Gasteiger partial charge in [0.2, 0.25) is 5.69 Å². The number of aromatic nitrogens is 4. The summed E-state index contributed by atoms with van der Waals surface area (Å²) >= 11 is 0. The van der Waals surface area contributed by atoms with Gasteiger partial charge in [0.15, 0.2) is 0 Å². The SMILES string of the molecule is [C-]#[N+]c1c(-n2c3ccccc3c3ccccc32)c(C#N)c(-n2c3ccccc3c3ccccc32)c(-n2c3ccc(C)cc3c3c4oc5ccccc5c4ccc32)c1-n1c2ccccc2c2ccccc21. The monoisotopic (exact) mass is 892 g/mol. The number of para-hydroxylation sites is 7. The van der Waals surface area contributed by atoms with Crippen LogP contribution < -0.4 is 0 Å². The predicted octanol–water partition coefficient (Wildman–Crippen LogP) is 16.7. The van der Waals surface area contributed by atoms with Crippen LogP contribution in [0.1, 0.15) is 11.1 Å². The first-order valence-corrected chi connectivity index (χ1v) is 23.5. The second kappa shape index (κ2) is 14.1. The first-order valence-electron chi connectivity index (χ1n) is 23.5. The number of hydrogen-bond donors (Lipinski definition) is 0. The van der Waals surface area contributed by atoms with E-state index >= 15 is 0 Å². The molecular formula is C63H36N6O. The van der Waals surface area contributed by atoms with Crippen LogP contribution in [0.25, 0.3) is 137 Å². The average Bonchev–Trinajstić information content (AvgIpc) is 4.21. The van der Waals surface area contributed by atoms with Gasteiger partial charge in [0.1, 0.15) is 17.2 Å². The van der Waals surface area contributed by atoms with Gasteiger partial charge < -0.3 is 22.7 Å². The van der Waals surface area contributed by atoms with Crippen molar-refractivity contribution in [2.75, 3.05) is 0 Å². The third kappa shape index (κ3) is 4.89. The number of benzene rings is 10. The summed E-state index contributed by atoms with van der Waals surface area (Å²) in [6.07, 6.45) is 0. The van der Waals surface area contributed by atoms with Crippen molar-refractivity contribution in [3.63, 3.8) is 0 Å². The molecular weight excluding hydrogens is 857 g/mol. The van der Waals surface area contributed by atoms with E-state index < -0.39 is 0 Å². The van der Waals surface area contributed by atoms with Crippen LogP contribution in [0, 0.1) is 24.8 Å². The Labute approximate surface area is 399 Å². The third-order valence-corrected chi connectivity index (χ3v) is 14.7. The fourth-order valence-electron chi connectivity index (χ4n) is 11.9. The van der Waals surface area contributed by atoms with Gasteiger partial charge in [-0.2, -0.15) is 5.26 Å². The van der Waals surface area contributed by atoms with Gasteiger partial charge in [0.25, 0.3) is 0 Å². The van der Waals surface area contributed by atoms with E-state index in [1.165, 1.54) is 0 Å². The molecule has 0 bridgehead atoms. The maximum absolute atomic E-state index is 12.4. The van der Waals surface area contributed by atoms with Crippen LogP contribution in [-0.2, 0) is 0 Å². The van der Waals surface area contributed by atoms with Crippen LogP contribution in [0.4, 0.5) is 5.69 Å². The van der Waals surface area contributed by atoms with Crippen molar-refractivity contribution in [2.45, 2.75) is 6.92 Å². The Kier molecular flexibility index (Phi) is 7.72. The molecule has 0 N–H and O–H groups in total. The third-order valence-electron chi connectivity index (χ3n) is 14.7. The highest BCUT2D eigenvalue weighted by Gasteiger charge is 2.35. The van der Waals surface area contributed by atoms with Crippen molar-refractivity contribution < 1.29 is 4.42 Å². The molecule has 10 aromatic carbocycles. The molecule has 5 heterocycles. The number of furan rings is 1. The van der Waals surface area contributed by atoms with Crippen LogP contribution in [0.5, 0.6) is 0 Å². The summed E-state index contributed by atoms with van der Waals surface area (Å²) in [5, 5.41) is 22.7. The fraction of sp³-hybridized carbons (Fsp3) is 0.0159. The second-order valence-corrected chi connectivity index (χ2v) is 18.2. The number of hydrogen-bond acceptors (Lipinski definition) is 2. The molecule has 0 aliphatic carbocycles. The topological polar surface area (TPSA) is 61.0 Å². The van der Waals surface area contributed by atoms with Crippen molar-refractivity contribution in [3.05, 3.63) is 223 Å². The molecule has 15 aromatic rings. The Morgan fingerprint density at radius 1 is 0.400 bits per heavy atom. The summed E-state index contributed by atoms with van der Waals surface area (Å²) in [6, 6.07) is 72.5. The van der Waals surface area contributed by atoms with E-state index in [1.54, 1.807) is 0 Å². The average molecular weight is 893 g/mol. The predicted molar refractivity (Wildman–Crippen MR) is 287 cm³/mol. The van der Waals surface area contributed by atoms with Crippen LogP contribution >= 0.6 is 0 Å². The Bertz CT molecular complexity index is 4570. The molecule has 5 aromatic heterocycles. The molecule has 0 radical (unpaired) electrons. The standard InChI is InChI=1S/C63H36N6O/c1-37-31-33-54-46(35-37)57-55(34-32-45-44-23-9-16-30-56(44)70-63(45)57)69(54)62-60(67-50-26-12-5-19-40(50)41-20-6-13-27-51(41)67)47(36-64)59(66-48-24-10-3-17-38(48)39-18-4-11-25-49(39)66)58(65-2)61(62)68-52-28-14-7-21-42(52)43-22-8-15-29-53(43)68/h3-35H,1H3. The molecule has 0 spiro atoms. The fourth-order valence-corrected chi connectivity index (χ4v) is 11.9. The van der Waals surface area contributed by atoms with Crippen molar-refractivity contribution in [3.8, 4) is 28.8 Å². The highest BCUT2D eigenvalue weighted by atomic mass is 16.3. The molecule has 15 rings (SSSR count). The first-order chi connectivity index (χ1) is 34.6. The van der Waals surface area contributed by atoms with Gasteiger partial charge in [0, 0.05) is 48.5 Å². The summed E-state index contributed by atoms with van der Waals surface area (Å²) in [6.45, 7) is 11.8. The van der Waals surface area contributed by atoms with Gasteiger partial charge in [-0.3, -0.25) is 0 Å². The van der Waals surface area contributed by atoms with Gasteiger partial charge in [-0.25, -0.2) is 4.85 Å². The van der Waals surface area contributed by atoms with Gasteiger partial charge in [-0.05, 0) is 73.7 Å². The zero-order valence-corrected chi connectivity index (χ0v) is 37.6. The van der Waals surface area contributed by atoms with Crippen molar-refractivity contribution in [1.82, 2.24) is 18.3 Å². The number of nitriles is 1. The Morgan fingerprint density at radius 2 is 0.800 bits per heavy atom. The number of rotatable bonds is 4. The maximum atomic E-state index is 12.4. The normalized spacial score (nSPS) is 12.0. The smallest absolute Gasteiger partial charge is 0.237 e. The van der Waals surface area contributed by atoms with Gasteiger partial charge in [-0.15, -0.1) is 0 Å². The molecule has 0 fully saturated rings. The first kappa shape index (κ1) is 38.3. The Morgan fingerprint density at radius 3 is 1.29 bits per heavy atom. The largest absolute Gasteiger partial charge is 0.455 e. The lowest BCUT2D eigenvalue weighted by Crippen LogP contribution is -2.14. The van der Waals surface area contributed by atoms with E-state index in [0.717, 1.165) is 115 Å². The van der Waals surface area contributed by atoms with E-state index in [-0.39, 0.29) is 0 Å². The van der Waals surface area contributed by atoms with Gasteiger partial charge >= 0.3 is 0 Å². The zero-order chi connectivity index (χ0) is 46.4. The molecule has 70 heavy (non-hydrogen) atoms. The summed E-state index contributed by atoms with van der Waals surface area (Å²) in [5.74, 6) is 0. The minimum Gasteiger partial charge on any atom is -0.455 e. The summed E-state index contributed by atoms with van der Waals surface area (Å²) in [4.78, 5) is 4.71. The van der Waals surface area contributed by atoms with Crippen molar-refractivity contribution >= 4 is 115 Å². The highest BCUT2D eigenvalue weighted by Crippen LogP contribution is 2.52. The summed E-state index contributed by atoms with van der Waals surface area (Å²) < 4.78 is 16.0. The molecule has 324 valence electrons. The summed E-state index contributed by atoms with van der Waals surface area (Å²) in [7, 11) is 0. The Hall–Kier alpha value is -9.82. The molecule has 7 nitrogen and oxygen atoms in total. The van der Waals surface area contributed by atoms with E-state index in [1.807, 2.05) is 24.3 Å².